The normalized spacial score (nSPS) is 26.6. The molecule has 0 aromatic heterocycles. The zero-order valence-electron chi connectivity index (χ0n) is 30.2. The summed E-state index contributed by atoms with van der Waals surface area (Å²) in [6, 6.07) is 11.3. The lowest BCUT2D eigenvalue weighted by Crippen LogP contribution is -3.23. The van der Waals surface area contributed by atoms with E-state index in [1.807, 2.05) is 39.8 Å². The smallest absolute Gasteiger partial charge is 0.343 e. The van der Waals surface area contributed by atoms with E-state index in [0.29, 0.717) is 32.4 Å². The summed E-state index contributed by atoms with van der Waals surface area (Å²) in [6.45, 7) is 21.2. The lowest BCUT2D eigenvalue weighted by atomic mass is 9.72. The van der Waals surface area contributed by atoms with E-state index >= 15 is 0 Å². The number of nitrogens with one attached hydrogen (secondary N) is 1. The molecule has 0 atom stereocenters. The van der Waals surface area contributed by atoms with Crippen molar-refractivity contribution in [3.63, 3.8) is 0 Å². The van der Waals surface area contributed by atoms with Gasteiger partial charge in [0, 0.05) is 23.3 Å². The summed E-state index contributed by atoms with van der Waals surface area (Å²) < 4.78 is 7.11. The van der Waals surface area contributed by atoms with E-state index in [1.54, 1.807) is 67.5 Å². The highest BCUT2D eigenvalue weighted by molar-refractivity contribution is 6.04. The monoisotopic (exact) mass is 663 g/mol. The summed E-state index contributed by atoms with van der Waals surface area (Å²) >= 11 is 0. The Kier molecular flexibility index (Phi) is 8.08. The van der Waals surface area contributed by atoms with Crippen molar-refractivity contribution in [3.05, 3.63) is 80.3 Å². The molecule has 12 nitrogen and oxygen atoms in total. The fourth-order valence-electron chi connectivity index (χ4n) is 7.30. The van der Waals surface area contributed by atoms with Gasteiger partial charge in [0.15, 0.2) is 11.1 Å². The largest absolute Gasteiger partial charge is 0.714 e. The van der Waals surface area contributed by atoms with Crippen molar-refractivity contribution >= 4 is 17.6 Å². The Balaban J connectivity index is 1.54. The van der Waals surface area contributed by atoms with Gasteiger partial charge in [0.1, 0.15) is 22.4 Å². The summed E-state index contributed by atoms with van der Waals surface area (Å²) in [4.78, 5) is 13.6. The Labute approximate surface area is 283 Å². The molecule has 2 aromatic rings. The molecule has 0 spiro atoms. The predicted molar refractivity (Wildman–Crippen MR) is 179 cm³/mol. The van der Waals surface area contributed by atoms with Crippen molar-refractivity contribution in [1.29, 1.82) is 0 Å². The highest BCUT2D eigenvalue weighted by Crippen LogP contribution is 2.42. The third kappa shape index (κ3) is 5.07. The highest BCUT2D eigenvalue weighted by atomic mass is 16.6. The van der Waals surface area contributed by atoms with Gasteiger partial charge in [0.25, 0.3) is 0 Å². The van der Waals surface area contributed by atoms with Gasteiger partial charge < -0.3 is 25.4 Å². The van der Waals surface area contributed by atoms with Crippen molar-refractivity contribution in [2.45, 2.75) is 135 Å². The van der Waals surface area contributed by atoms with Crippen LogP contribution in [-0.4, -0.2) is 70.5 Å². The first-order valence-electron chi connectivity index (χ1n) is 16.5. The second-order valence-electron chi connectivity index (χ2n) is 17.0. The van der Waals surface area contributed by atoms with Gasteiger partial charge in [0.05, 0.1) is 22.2 Å². The molecule has 48 heavy (non-hydrogen) atoms. The molecular weight excluding hydrogens is 614 g/mol. The summed E-state index contributed by atoms with van der Waals surface area (Å²) in [5.41, 5.74) is -4.06. The van der Waals surface area contributed by atoms with Crippen molar-refractivity contribution in [2.24, 2.45) is 0 Å². The van der Waals surface area contributed by atoms with Crippen molar-refractivity contribution < 1.29 is 34.5 Å². The summed E-state index contributed by atoms with van der Waals surface area (Å²) in [6.07, 6.45) is 1.40. The predicted octanol–water partition coefficient (Wildman–Crippen LogP) is 4.67. The summed E-state index contributed by atoms with van der Waals surface area (Å²) in [5, 5.41) is 68.9. The van der Waals surface area contributed by atoms with Gasteiger partial charge in [-0.3, -0.25) is 9.48 Å². The van der Waals surface area contributed by atoms with E-state index in [9.17, 15) is 30.8 Å². The number of ether oxygens (including phenoxy) is 1. The molecule has 0 saturated carbocycles. The standard InChI is InChI=1S/C36H49N5O7/c1-31(2)20-25(21-32(3,4)41(31)47)22-13-15-23(16-14-22)30(42)48-27-18-17-24(28-37(43)33(5,6)34(7,8)38(28)44)19-26(27)29-39(45)35(9,10)36(11,12)40(29)46/h13-19,25,41H,20-21H2,1-12H3. The van der Waals surface area contributed by atoms with E-state index in [0.717, 1.165) is 5.56 Å². The number of nitrogens with zero attached hydrogens (tertiary/aromatic N) is 4. The van der Waals surface area contributed by atoms with Crippen LogP contribution in [0, 0.1) is 15.6 Å². The highest BCUT2D eigenvalue weighted by Gasteiger charge is 2.62. The molecule has 260 valence electrons. The first-order valence-corrected chi connectivity index (χ1v) is 16.5. The second kappa shape index (κ2) is 10.9. The van der Waals surface area contributed by atoms with E-state index in [4.69, 9.17) is 4.74 Å². The van der Waals surface area contributed by atoms with Gasteiger partial charge in [-0.05, 0) is 125 Å². The van der Waals surface area contributed by atoms with Gasteiger partial charge in [-0.2, -0.15) is 0 Å². The SMILES string of the molecule is CC1(C)CC(c2ccc(C(=O)Oc3ccc(C4=[N+]([O-])C(C)(C)C(C)(C)N4[O])cc3C3=[N+]([O-])C(C)(C)C(C)(C)N3[O])cc2)CC(C)(C)[NH+]1[O-]. The molecule has 0 aliphatic carbocycles. The first kappa shape index (κ1) is 35.6. The van der Waals surface area contributed by atoms with E-state index in [1.165, 1.54) is 18.2 Å². The number of esters is 1. The van der Waals surface area contributed by atoms with Gasteiger partial charge in [-0.25, -0.2) is 4.79 Å². The molecule has 5 rings (SSSR count). The van der Waals surface area contributed by atoms with E-state index in [2.05, 4.69) is 0 Å². The number of benzene rings is 2. The molecule has 0 amide bonds. The maximum absolute atomic E-state index is 13.8. The number of quaternary nitrogens is 1. The van der Waals surface area contributed by atoms with Crippen LogP contribution < -0.4 is 9.80 Å². The lowest BCUT2D eigenvalue weighted by molar-refractivity contribution is -0.955. The van der Waals surface area contributed by atoms with E-state index in [-0.39, 0.29) is 45.1 Å². The van der Waals surface area contributed by atoms with E-state index < -0.39 is 39.2 Å². The number of carbonyl (C=O) groups is 1. The van der Waals surface area contributed by atoms with Crippen molar-refractivity contribution in [3.8, 4) is 5.75 Å². The van der Waals surface area contributed by atoms with Crippen LogP contribution in [0.2, 0.25) is 0 Å². The third-order valence-electron chi connectivity index (χ3n) is 11.8. The van der Waals surface area contributed by atoms with Gasteiger partial charge in [-0.1, -0.05) is 22.3 Å². The molecule has 2 radical (unpaired) electrons. The van der Waals surface area contributed by atoms with Crippen LogP contribution in [0.1, 0.15) is 129 Å². The van der Waals surface area contributed by atoms with Crippen LogP contribution >= 0.6 is 0 Å². The number of amidine groups is 2. The fraction of sp³-hybridized carbons (Fsp3) is 0.583. The van der Waals surface area contributed by atoms with Crippen LogP contribution in [0.25, 0.3) is 0 Å². The summed E-state index contributed by atoms with van der Waals surface area (Å²) in [7, 11) is 0. The molecule has 3 aliphatic heterocycles. The molecule has 1 saturated heterocycles. The Hall–Kier alpha value is -3.71. The number of piperidine rings is 1. The minimum absolute atomic E-state index is 0.0192. The maximum Gasteiger partial charge on any atom is 0.343 e. The zero-order chi connectivity index (χ0) is 36.2. The number of carbonyl (C=O) groups excluding carboxylic acids is 1. The average Bonchev–Trinajstić information content (AvgIpc) is 3.19. The minimum Gasteiger partial charge on any atom is -0.714 e. The second-order valence-corrected chi connectivity index (χ2v) is 17.0. The van der Waals surface area contributed by atoms with Crippen LogP contribution in [0.4, 0.5) is 0 Å². The van der Waals surface area contributed by atoms with Crippen LogP contribution in [0.3, 0.4) is 0 Å². The number of hydroxylamine groups is 8. The molecule has 0 bridgehead atoms. The van der Waals surface area contributed by atoms with Gasteiger partial charge in [0.2, 0.25) is 0 Å². The Morgan fingerprint density at radius 3 is 1.65 bits per heavy atom. The molecule has 1 N–H and O–H groups in total. The number of hydrogen-bond donors (Lipinski definition) is 1. The molecule has 2 aromatic carbocycles. The van der Waals surface area contributed by atoms with Crippen LogP contribution in [0.15, 0.2) is 42.5 Å². The first-order chi connectivity index (χ1) is 21.8. The topological polar surface area (TPSA) is 152 Å². The molecule has 0 unspecified atom stereocenters. The summed E-state index contributed by atoms with van der Waals surface area (Å²) in [5.74, 6) is -1.12. The average molecular weight is 664 g/mol. The number of hydrogen-bond acceptors (Lipinski definition) is 7. The molecule has 3 aliphatic rings. The van der Waals surface area contributed by atoms with Crippen molar-refractivity contribution in [2.75, 3.05) is 0 Å². The Morgan fingerprint density at radius 2 is 1.21 bits per heavy atom. The van der Waals surface area contributed by atoms with Gasteiger partial charge >= 0.3 is 17.6 Å². The quantitative estimate of drug-likeness (QED) is 0.211. The fourth-order valence-corrected chi connectivity index (χ4v) is 7.30. The maximum atomic E-state index is 13.8. The minimum atomic E-state index is -1.18. The Morgan fingerprint density at radius 1 is 0.750 bits per heavy atom. The number of rotatable bonds is 5. The van der Waals surface area contributed by atoms with Gasteiger partial charge in [-0.15, -0.1) is 0 Å². The van der Waals surface area contributed by atoms with Crippen LogP contribution in [0.5, 0.6) is 5.75 Å². The lowest BCUT2D eigenvalue weighted by Gasteiger charge is -2.54. The van der Waals surface area contributed by atoms with Crippen LogP contribution in [-0.2, 0) is 10.4 Å². The molecule has 12 heteroatoms. The molecule has 3 heterocycles. The zero-order valence-corrected chi connectivity index (χ0v) is 30.2. The Bertz CT molecular complexity index is 1690. The van der Waals surface area contributed by atoms with Crippen molar-refractivity contribution in [1.82, 2.24) is 10.1 Å². The molecular formula is C36H49N5O7. The molecule has 1 fully saturated rings. The third-order valence-corrected chi connectivity index (χ3v) is 11.8.